The Morgan fingerprint density at radius 1 is 1.32 bits per heavy atom. The van der Waals surface area contributed by atoms with E-state index in [-0.39, 0.29) is 18.5 Å². The van der Waals surface area contributed by atoms with Crippen LogP contribution in [0.3, 0.4) is 0 Å². The van der Waals surface area contributed by atoms with Gasteiger partial charge in [-0.3, -0.25) is 4.98 Å². The molecule has 0 aliphatic heterocycles. The van der Waals surface area contributed by atoms with Gasteiger partial charge >= 0.3 is 0 Å². The summed E-state index contributed by atoms with van der Waals surface area (Å²) >= 11 is 7.49. The second-order valence-corrected chi connectivity index (χ2v) is 7.99. The van der Waals surface area contributed by atoms with E-state index >= 15 is 0 Å². The van der Waals surface area contributed by atoms with Crippen molar-refractivity contribution in [1.82, 2.24) is 15.2 Å². The van der Waals surface area contributed by atoms with Gasteiger partial charge in [-0.2, -0.15) is 5.26 Å². The number of pyridine rings is 1. The van der Waals surface area contributed by atoms with Crippen LogP contribution in [0.2, 0.25) is 5.02 Å². The Hall–Kier alpha value is -2.63. The maximum absolute atomic E-state index is 14.4. The fourth-order valence-corrected chi connectivity index (χ4v) is 4.62. The van der Waals surface area contributed by atoms with Crippen molar-refractivity contribution in [2.24, 2.45) is 0 Å². The smallest absolute Gasteiger partial charge is 0.209 e. The van der Waals surface area contributed by atoms with E-state index in [4.69, 9.17) is 16.9 Å². The van der Waals surface area contributed by atoms with E-state index in [1.165, 1.54) is 29.7 Å². The largest absolute Gasteiger partial charge is 0.338 e. The number of nitrogens with zero attached hydrogens (tertiary/aromatic N) is 5. The first-order chi connectivity index (χ1) is 13.4. The molecule has 3 aromatic rings. The summed E-state index contributed by atoms with van der Waals surface area (Å²) in [6.45, 7) is 0. The molecule has 2 heterocycles. The topological polar surface area (TPSA) is 65.7 Å². The zero-order chi connectivity index (χ0) is 19.9. The van der Waals surface area contributed by atoms with Crippen LogP contribution >= 0.6 is 22.9 Å². The van der Waals surface area contributed by atoms with Crippen LogP contribution in [-0.4, -0.2) is 28.4 Å². The minimum absolute atomic E-state index is 0.122. The van der Waals surface area contributed by atoms with Gasteiger partial charge in [-0.05, 0) is 30.3 Å². The highest BCUT2D eigenvalue weighted by atomic mass is 35.5. The van der Waals surface area contributed by atoms with E-state index in [0.717, 1.165) is 0 Å². The molecule has 2 aromatic heterocycles. The number of benzene rings is 1. The predicted octanol–water partition coefficient (Wildman–Crippen LogP) is 4.73. The van der Waals surface area contributed by atoms with Gasteiger partial charge in [0, 0.05) is 31.6 Å². The molecule has 142 valence electrons. The summed E-state index contributed by atoms with van der Waals surface area (Å²) in [6, 6.07) is 9.78. The van der Waals surface area contributed by atoms with E-state index in [0.29, 0.717) is 26.3 Å². The Labute approximate surface area is 169 Å². The Morgan fingerprint density at radius 3 is 2.79 bits per heavy atom. The number of aromatic nitrogens is 3. The van der Waals surface area contributed by atoms with Crippen molar-refractivity contribution in [2.75, 3.05) is 11.9 Å². The number of rotatable bonds is 4. The van der Waals surface area contributed by atoms with Crippen LogP contribution in [0, 0.1) is 17.1 Å². The van der Waals surface area contributed by atoms with E-state index < -0.39 is 17.5 Å². The molecule has 0 spiro atoms. The molecule has 1 saturated carbocycles. The molecular weight excluding hydrogens is 404 g/mol. The molecule has 0 unspecified atom stereocenters. The SMILES string of the molecule is CN(c1nnc(-c2cc(C#N)ccc2Cl)s1)[C@]1(c2ncccc2F)C[C@H](F)C1. The summed E-state index contributed by atoms with van der Waals surface area (Å²) in [4.78, 5) is 5.91. The van der Waals surface area contributed by atoms with Crippen molar-refractivity contribution in [2.45, 2.75) is 24.6 Å². The number of hydrogen-bond acceptors (Lipinski definition) is 6. The monoisotopic (exact) mass is 417 g/mol. The van der Waals surface area contributed by atoms with Crippen molar-refractivity contribution < 1.29 is 8.78 Å². The molecule has 1 aliphatic carbocycles. The molecule has 4 rings (SSSR count). The minimum Gasteiger partial charge on any atom is -0.338 e. The summed E-state index contributed by atoms with van der Waals surface area (Å²) in [5, 5.41) is 18.9. The maximum Gasteiger partial charge on any atom is 0.209 e. The number of alkyl halides is 1. The highest BCUT2D eigenvalue weighted by Gasteiger charge is 2.52. The summed E-state index contributed by atoms with van der Waals surface area (Å²) in [5.41, 5.74) is 0.330. The van der Waals surface area contributed by atoms with Crippen molar-refractivity contribution in [3.63, 3.8) is 0 Å². The summed E-state index contributed by atoms with van der Waals surface area (Å²) in [6.07, 6.45) is 0.713. The number of nitriles is 1. The Balaban J connectivity index is 1.72. The normalized spacial score (nSPS) is 21.0. The molecule has 0 atom stereocenters. The average Bonchev–Trinajstić information content (AvgIpc) is 3.15. The van der Waals surface area contributed by atoms with Gasteiger partial charge in [-0.1, -0.05) is 22.9 Å². The lowest BCUT2D eigenvalue weighted by Crippen LogP contribution is -2.55. The second-order valence-electron chi connectivity index (χ2n) is 6.63. The molecule has 1 aliphatic rings. The molecule has 5 nitrogen and oxygen atoms in total. The van der Waals surface area contributed by atoms with Gasteiger partial charge in [0.15, 0.2) is 5.01 Å². The highest BCUT2D eigenvalue weighted by molar-refractivity contribution is 7.18. The number of anilines is 1. The van der Waals surface area contributed by atoms with Gasteiger partial charge in [0.2, 0.25) is 5.13 Å². The molecule has 0 amide bonds. The van der Waals surface area contributed by atoms with E-state index in [9.17, 15) is 8.78 Å². The third-order valence-electron chi connectivity index (χ3n) is 4.99. The van der Waals surface area contributed by atoms with Crippen LogP contribution in [0.1, 0.15) is 24.1 Å². The second kappa shape index (κ2) is 7.08. The third-order valence-corrected chi connectivity index (χ3v) is 6.35. The van der Waals surface area contributed by atoms with Crippen LogP contribution < -0.4 is 4.90 Å². The molecular formula is C19H14ClF2N5S. The Kier molecular flexibility index (Phi) is 4.73. The van der Waals surface area contributed by atoms with Crippen molar-refractivity contribution >= 4 is 28.1 Å². The zero-order valence-electron chi connectivity index (χ0n) is 14.7. The number of hydrogen-bond donors (Lipinski definition) is 0. The first kappa shape index (κ1) is 18.7. The van der Waals surface area contributed by atoms with Gasteiger partial charge in [0.25, 0.3) is 0 Å². The van der Waals surface area contributed by atoms with Crippen LogP contribution in [0.15, 0.2) is 36.5 Å². The molecule has 0 radical (unpaired) electrons. The van der Waals surface area contributed by atoms with E-state index in [2.05, 4.69) is 21.3 Å². The summed E-state index contributed by atoms with van der Waals surface area (Å²) < 4.78 is 28.3. The molecule has 0 N–H and O–H groups in total. The molecule has 9 heteroatoms. The van der Waals surface area contributed by atoms with Crippen LogP contribution in [0.25, 0.3) is 10.6 Å². The van der Waals surface area contributed by atoms with Crippen molar-refractivity contribution in [3.05, 3.63) is 58.6 Å². The maximum atomic E-state index is 14.4. The predicted molar refractivity (Wildman–Crippen MR) is 103 cm³/mol. The van der Waals surface area contributed by atoms with Gasteiger partial charge in [-0.15, -0.1) is 10.2 Å². The minimum atomic E-state index is -1.03. The van der Waals surface area contributed by atoms with E-state index in [1.807, 2.05) is 0 Å². The van der Waals surface area contributed by atoms with Crippen LogP contribution in [0.4, 0.5) is 13.9 Å². The lowest BCUT2D eigenvalue weighted by atomic mass is 9.71. The molecule has 0 saturated heterocycles. The third kappa shape index (κ3) is 3.01. The van der Waals surface area contributed by atoms with Crippen molar-refractivity contribution in [1.29, 1.82) is 5.26 Å². The molecule has 28 heavy (non-hydrogen) atoms. The quantitative estimate of drug-likeness (QED) is 0.614. The Morgan fingerprint density at radius 2 is 2.11 bits per heavy atom. The summed E-state index contributed by atoms with van der Waals surface area (Å²) in [7, 11) is 1.73. The van der Waals surface area contributed by atoms with Gasteiger partial charge in [-0.25, -0.2) is 8.78 Å². The van der Waals surface area contributed by atoms with Crippen molar-refractivity contribution in [3.8, 4) is 16.6 Å². The van der Waals surface area contributed by atoms with Crippen LogP contribution in [-0.2, 0) is 5.54 Å². The van der Waals surface area contributed by atoms with Gasteiger partial charge < -0.3 is 4.90 Å². The van der Waals surface area contributed by atoms with Gasteiger partial charge in [0.05, 0.1) is 22.2 Å². The molecule has 1 aromatic carbocycles. The average molecular weight is 418 g/mol. The first-order valence-corrected chi connectivity index (χ1v) is 9.66. The zero-order valence-corrected chi connectivity index (χ0v) is 16.3. The van der Waals surface area contributed by atoms with Crippen LogP contribution in [0.5, 0.6) is 0 Å². The fourth-order valence-electron chi connectivity index (χ4n) is 3.43. The van der Waals surface area contributed by atoms with E-state index in [1.54, 1.807) is 30.1 Å². The van der Waals surface area contributed by atoms with Gasteiger partial charge in [0.1, 0.15) is 17.7 Å². The molecule has 1 fully saturated rings. The lowest BCUT2D eigenvalue weighted by molar-refractivity contribution is 0.0870. The first-order valence-electron chi connectivity index (χ1n) is 8.47. The lowest BCUT2D eigenvalue weighted by Gasteiger charge is -2.49. The Bertz CT molecular complexity index is 1070. The highest BCUT2D eigenvalue weighted by Crippen LogP contribution is 2.50. The number of halogens is 3. The standard InChI is InChI=1S/C19H14ClF2N5S/c1-27(19(8-12(21)9-19)16-15(22)3-2-6-24-16)18-26-25-17(28-18)13-7-11(10-23)4-5-14(13)20/h2-7,12H,8-9H2,1H3/t12-,19+. The molecule has 0 bridgehead atoms. The fraction of sp³-hybridized carbons (Fsp3) is 0.263. The summed E-state index contributed by atoms with van der Waals surface area (Å²) in [5.74, 6) is -0.476.